The van der Waals surface area contributed by atoms with Gasteiger partial charge in [-0.1, -0.05) is 129 Å². The molecule has 10 aromatic rings. The van der Waals surface area contributed by atoms with Gasteiger partial charge in [-0.15, -0.1) is 11.3 Å². The second-order valence-electron chi connectivity index (χ2n) is 16.3. The molecule has 2 aliphatic carbocycles. The molecule has 8 aromatic carbocycles. The van der Waals surface area contributed by atoms with Gasteiger partial charge in [0.2, 0.25) is 0 Å². The van der Waals surface area contributed by atoms with Crippen molar-refractivity contribution in [3.63, 3.8) is 0 Å². The third-order valence-electron chi connectivity index (χ3n) is 12.7. The fraction of sp³-hybridized carbons (Fsp3) is 0.0909. The van der Waals surface area contributed by atoms with E-state index in [2.05, 4.69) is 195 Å². The van der Waals surface area contributed by atoms with Crippen molar-refractivity contribution in [2.24, 2.45) is 0 Å². The first-order valence-corrected chi connectivity index (χ1v) is 21.1. The van der Waals surface area contributed by atoms with Gasteiger partial charge in [0.25, 0.3) is 0 Å². The molecule has 3 heteroatoms. The molecule has 0 atom stereocenters. The molecule has 2 aromatic heterocycles. The van der Waals surface area contributed by atoms with E-state index in [-0.39, 0.29) is 5.41 Å². The molecule has 0 aliphatic heterocycles. The minimum Gasteiger partial charge on any atom is -0.455 e. The first kappa shape index (κ1) is 33.5. The van der Waals surface area contributed by atoms with Crippen LogP contribution in [0.15, 0.2) is 186 Å². The van der Waals surface area contributed by atoms with Crippen molar-refractivity contribution in [3.8, 4) is 22.3 Å². The molecule has 0 radical (unpaired) electrons. The lowest BCUT2D eigenvalue weighted by Gasteiger charge is -2.29. The molecular formula is C55H39NOS. The number of fused-ring (bicyclic) bond motifs is 10. The number of hydrogen-bond acceptors (Lipinski definition) is 3. The van der Waals surface area contributed by atoms with E-state index in [1.165, 1.54) is 64.5 Å². The van der Waals surface area contributed by atoms with E-state index in [4.69, 9.17) is 4.42 Å². The van der Waals surface area contributed by atoms with Gasteiger partial charge < -0.3 is 9.32 Å². The van der Waals surface area contributed by atoms with E-state index in [0.29, 0.717) is 0 Å². The number of rotatable bonds is 5. The third kappa shape index (κ3) is 4.96. The lowest BCUT2D eigenvalue weighted by molar-refractivity contribution is 0.651. The van der Waals surface area contributed by atoms with Crippen molar-refractivity contribution in [2.45, 2.75) is 32.1 Å². The standard InChI is InChI=1S/C55H39NOS/c1-55(2)47-20-7-5-16-43(47)44-31-29-39(33-48(44)55)56(37-27-24-35(25-28-37)40-19-11-23-51-53(40)45-17-6-8-22-50(45)58-51)38-14-9-13-36(32-38)41-18-10-21-49-52(41)46-30-26-34-12-3-4-15-42(34)54(46)57-49/h3-4,6-15,17-33H,5,16H2,1-2H3. The Kier molecular flexibility index (Phi) is 7.30. The summed E-state index contributed by atoms with van der Waals surface area (Å²) in [6.07, 6.45) is 6.92. The first-order valence-electron chi connectivity index (χ1n) is 20.3. The monoisotopic (exact) mass is 761 g/mol. The first-order chi connectivity index (χ1) is 28.5. The summed E-state index contributed by atoms with van der Waals surface area (Å²) in [5.74, 6) is 0. The number of furan rings is 1. The van der Waals surface area contributed by atoms with E-state index < -0.39 is 0 Å². The van der Waals surface area contributed by atoms with Crippen molar-refractivity contribution < 1.29 is 4.42 Å². The van der Waals surface area contributed by atoms with E-state index in [9.17, 15) is 0 Å². The van der Waals surface area contributed by atoms with Gasteiger partial charge >= 0.3 is 0 Å². The van der Waals surface area contributed by atoms with Gasteiger partial charge in [0, 0.05) is 58.8 Å². The maximum atomic E-state index is 6.62. The number of thiophene rings is 1. The van der Waals surface area contributed by atoms with Crippen LogP contribution in [0.5, 0.6) is 0 Å². The molecule has 12 rings (SSSR count). The number of nitrogens with zero attached hydrogens (tertiary/aromatic N) is 1. The van der Waals surface area contributed by atoms with Crippen LogP contribution in [0.25, 0.3) is 80.7 Å². The summed E-state index contributed by atoms with van der Waals surface area (Å²) >= 11 is 1.87. The number of hydrogen-bond donors (Lipinski definition) is 0. The Morgan fingerprint density at radius 2 is 1.29 bits per heavy atom. The average Bonchev–Trinajstić information content (AvgIpc) is 3.92. The molecule has 0 bridgehead atoms. The number of anilines is 3. The second-order valence-corrected chi connectivity index (χ2v) is 17.4. The summed E-state index contributed by atoms with van der Waals surface area (Å²) in [7, 11) is 0. The molecule has 2 nitrogen and oxygen atoms in total. The zero-order valence-electron chi connectivity index (χ0n) is 32.4. The topological polar surface area (TPSA) is 16.4 Å². The molecule has 0 saturated carbocycles. The molecule has 0 fully saturated rings. The Hall–Kier alpha value is -6.68. The Morgan fingerprint density at radius 3 is 2.19 bits per heavy atom. The Morgan fingerprint density at radius 1 is 0.552 bits per heavy atom. The highest BCUT2D eigenvalue weighted by Crippen LogP contribution is 2.52. The van der Waals surface area contributed by atoms with E-state index in [1.54, 1.807) is 0 Å². The molecule has 0 amide bonds. The van der Waals surface area contributed by atoms with E-state index in [0.717, 1.165) is 62.8 Å². The van der Waals surface area contributed by atoms with Crippen molar-refractivity contribution in [1.82, 2.24) is 0 Å². The molecule has 0 N–H and O–H groups in total. The number of benzene rings is 8. The molecule has 0 saturated heterocycles. The summed E-state index contributed by atoms with van der Waals surface area (Å²) in [6, 6.07) is 60.3. The number of allylic oxidation sites excluding steroid dienone is 4. The molecular weight excluding hydrogens is 723 g/mol. The zero-order chi connectivity index (χ0) is 38.5. The highest BCUT2D eigenvalue weighted by Gasteiger charge is 2.37. The van der Waals surface area contributed by atoms with Crippen LogP contribution in [0.4, 0.5) is 17.1 Å². The normalized spacial score (nSPS) is 14.6. The Balaban J connectivity index is 1.02. The summed E-state index contributed by atoms with van der Waals surface area (Å²) in [4.78, 5) is 2.44. The lowest BCUT2D eigenvalue weighted by Crippen LogP contribution is -2.18. The smallest absolute Gasteiger partial charge is 0.143 e. The highest BCUT2D eigenvalue weighted by atomic mass is 32.1. The van der Waals surface area contributed by atoms with Crippen LogP contribution in [0.3, 0.4) is 0 Å². The molecule has 0 spiro atoms. The fourth-order valence-electron chi connectivity index (χ4n) is 9.99. The largest absolute Gasteiger partial charge is 0.455 e. The van der Waals surface area contributed by atoms with Crippen molar-refractivity contribution >= 4 is 86.9 Å². The van der Waals surface area contributed by atoms with Gasteiger partial charge in [-0.3, -0.25) is 0 Å². The van der Waals surface area contributed by atoms with Crippen molar-refractivity contribution in [1.29, 1.82) is 0 Å². The van der Waals surface area contributed by atoms with Crippen molar-refractivity contribution in [3.05, 3.63) is 193 Å². The Bertz CT molecular complexity index is 3370. The summed E-state index contributed by atoms with van der Waals surface area (Å²) in [5, 5.41) is 7.27. The maximum Gasteiger partial charge on any atom is 0.143 e. The van der Waals surface area contributed by atoms with Crippen LogP contribution >= 0.6 is 11.3 Å². The van der Waals surface area contributed by atoms with Crippen LogP contribution in [0.2, 0.25) is 0 Å². The average molecular weight is 762 g/mol. The molecule has 58 heavy (non-hydrogen) atoms. The lowest BCUT2D eigenvalue weighted by atomic mass is 9.80. The van der Waals surface area contributed by atoms with E-state index >= 15 is 0 Å². The fourth-order valence-corrected chi connectivity index (χ4v) is 11.1. The van der Waals surface area contributed by atoms with Crippen LogP contribution in [-0.4, -0.2) is 0 Å². The minimum absolute atomic E-state index is 0.0703. The van der Waals surface area contributed by atoms with E-state index in [1.807, 2.05) is 11.3 Å². The van der Waals surface area contributed by atoms with Gasteiger partial charge in [-0.25, -0.2) is 0 Å². The predicted octanol–water partition coefficient (Wildman–Crippen LogP) is 16.3. The van der Waals surface area contributed by atoms with Crippen molar-refractivity contribution in [2.75, 3.05) is 4.90 Å². The van der Waals surface area contributed by atoms with Crippen LogP contribution < -0.4 is 4.90 Å². The van der Waals surface area contributed by atoms with Crippen LogP contribution in [0, 0.1) is 0 Å². The van der Waals surface area contributed by atoms with Gasteiger partial charge in [0.1, 0.15) is 11.2 Å². The quantitative estimate of drug-likeness (QED) is 0.174. The van der Waals surface area contributed by atoms with Crippen LogP contribution in [0.1, 0.15) is 37.8 Å². The molecule has 2 aliphatic rings. The molecule has 2 heterocycles. The second kappa shape index (κ2) is 12.7. The molecule has 0 unspecified atom stereocenters. The highest BCUT2D eigenvalue weighted by molar-refractivity contribution is 7.25. The Labute approximate surface area is 341 Å². The van der Waals surface area contributed by atoms with Gasteiger partial charge in [-0.2, -0.15) is 0 Å². The maximum absolute atomic E-state index is 6.62. The minimum atomic E-state index is -0.0703. The van der Waals surface area contributed by atoms with Gasteiger partial charge in [0.15, 0.2) is 0 Å². The van der Waals surface area contributed by atoms with Gasteiger partial charge in [-0.05, 0) is 123 Å². The van der Waals surface area contributed by atoms with Crippen LogP contribution in [-0.2, 0) is 5.41 Å². The third-order valence-corrected chi connectivity index (χ3v) is 13.9. The summed E-state index contributed by atoms with van der Waals surface area (Å²) < 4.78 is 9.27. The zero-order valence-corrected chi connectivity index (χ0v) is 33.2. The SMILES string of the molecule is CC1(C)C2=C(CCC=C2)c2ccc(N(c3ccc(-c4cccc5sc6ccccc6c45)cc3)c3cccc(-c4cccc5oc6c7ccccc7ccc6c45)c3)cc21. The predicted molar refractivity (Wildman–Crippen MR) is 248 cm³/mol. The molecule has 276 valence electrons. The van der Waals surface area contributed by atoms with Gasteiger partial charge in [0.05, 0.1) is 0 Å². The summed E-state index contributed by atoms with van der Waals surface area (Å²) in [6.45, 7) is 4.78. The summed E-state index contributed by atoms with van der Waals surface area (Å²) in [5.41, 5.74) is 15.7.